The molecule has 5 heteroatoms. The van der Waals surface area contributed by atoms with E-state index in [0.29, 0.717) is 18.8 Å². The highest BCUT2D eigenvalue weighted by Crippen LogP contribution is 2.26. The van der Waals surface area contributed by atoms with Gasteiger partial charge < -0.3 is 14.8 Å². The van der Waals surface area contributed by atoms with Crippen LogP contribution in [0.2, 0.25) is 0 Å². The van der Waals surface area contributed by atoms with Crippen LogP contribution in [0.3, 0.4) is 0 Å². The zero-order valence-corrected chi connectivity index (χ0v) is 10.7. The van der Waals surface area contributed by atoms with E-state index in [1.807, 2.05) is 0 Å². The summed E-state index contributed by atoms with van der Waals surface area (Å²) in [6.45, 7) is 1.35. The largest absolute Gasteiger partial charge is 0.373 e. The summed E-state index contributed by atoms with van der Waals surface area (Å²) in [6.07, 6.45) is 6.33. The predicted octanol–water partition coefficient (Wildman–Crippen LogP) is 1.15. The van der Waals surface area contributed by atoms with E-state index in [1.54, 1.807) is 24.5 Å². The molecule has 0 aromatic carbocycles. The number of aromatic nitrogens is 1. The molecule has 1 aromatic heterocycles. The molecule has 1 saturated heterocycles. The van der Waals surface area contributed by atoms with Crippen molar-refractivity contribution >= 4 is 5.91 Å². The zero-order chi connectivity index (χ0) is 13.1. The fourth-order valence-electron chi connectivity index (χ4n) is 2.77. The molecule has 19 heavy (non-hydrogen) atoms. The third kappa shape index (κ3) is 2.93. The molecule has 0 unspecified atom stereocenters. The molecule has 1 N–H and O–H groups in total. The second-order valence-corrected chi connectivity index (χ2v) is 5.04. The average Bonchev–Trinajstić information content (AvgIpc) is 2.48. The Bertz CT molecular complexity index is 438. The van der Waals surface area contributed by atoms with E-state index >= 15 is 0 Å². The average molecular weight is 262 g/mol. The Kier molecular flexibility index (Phi) is 3.75. The summed E-state index contributed by atoms with van der Waals surface area (Å²) in [5, 5.41) is 3.07. The molecule has 0 radical (unpaired) electrons. The van der Waals surface area contributed by atoms with Crippen LogP contribution in [0.5, 0.6) is 0 Å². The Balaban J connectivity index is 1.57. The van der Waals surface area contributed by atoms with E-state index in [9.17, 15) is 4.79 Å². The highest BCUT2D eigenvalue weighted by Gasteiger charge is 2.34. The Hall–Kier alpha value is -1.46. The Morgan fingerprint density at radius 3 is 2.68 bits per heavy atom. The fraction of sp³-hybridized carbons (Fsp3) is 0.571. The summed E-state index contributed by atoms with van der Waals surface area (Å²) in [6, 6.07) is 3.62. The van der Waals surface area contributed by atoms with E-state index in [2.05, 4.69) is 10.3 Å². The topological polar surface area (TPSA) is 60.5 Å². The maximum atomic E-state index is 12.1. The first-order valence-corrected chi connectivity index (χ1v) is 6.77. The summed E-state index contributed by atoms with van der Waals surface area (Å²) in [4.78, 5) is 16.0. The quantitative estimate of drug-likeness (QED) is 0.868. The third-order valence-electron chi connectivity index (χ3n) is 3.76. The maximum absolute atomic E-state index is 12.1. The van der Waals surface area contributed by atoms with E-state index in [4.69, 9.17) is 9.47 Å². The molecule has 0 spiro atoms. The molecule has 2 heterocycles. The molecule has 1 saturated carbocycles. The van der Waals surface area contributed by atoms with E-state index in [-0.39, 0.29) is 24.2 Å². The van der Waals surface area contributed by atoms with Crippen molar-refractivity contribution in [3.05, 3.63) is 30.1 Å². The van der Waals surface area contributed by atoms with Crippen LogP contribution in [-0.2, 0) is 9.47 Å². The van der Waals surface area contributed by atoms with Gasteiger partial charge in [0.05, 0.1) is 25.4 Å². The Morgan fingerprint density at radius 1 is 1.16 bits per heavy atom. The van der Waals surface area contributed by atoms with Gasteiger partial charge in [0.2, 0.25) is 0 Å². The molecule has 0 bridgehead atoms. The number of carbonyl (C=O) groups excluding carboxylic acids is 1. The van der Waals surface area contributed by atoms with Crippen LogP contribution in [0, 0.1) is 0 Å². The monoisotopic (exact) mass is 262 g/mol. The number of ether oxygens (including phenoxy) is 2. The van der Waals surface area contributed by atoms with Gasteiger partial charge in [0, 0.05) is 24.0 Å². The number of fused-ring (bicyclic) bond motifs is 1. The van der Waals surface area contributed by atoms with Crippen molar-refractivity contribution in [3.63, 3.8) is 0 Å². The highest BCUT2D eigenvalue weighted by molar-refractivity contribution is 5.94. The van der Waals surface area contributed by atoms with Crippen LogP contribution < -0.4 is 5.32 Å². The lowest BCUT2D eigenvalue weighted by atomic mass is 9.89. The van der Waals surface area contributed by atoms with Gasteiger partial charge in [-0.1, -0.05) is 0 Å². The van der Waals surface area contributed by atoms with Gasteiger partial charge in [0.1, 0.15) is 0 Å². The van der Waals surface area contributed by atoms with Crippen LogP contribution in [0.4, 0.5) is 0 Å². The Morgan fingerprint density at radius 2 is 1.89 bits per heavy atom. The van der Waals surface area contributed by atoms with Crippen LogP contribution in [0.25, 0.3) is 0 Å². The fourth-order valence-corrected chi connectivity index (χ4v) is 2.77. The smallest absolute Gasteiger partial charge is 0.251 e. The molecule has 1 amide bonds. The van der Waals surface area contributed by atoms with Gasteiger partial charge in [-0.15, -0.1) is 0 Å². The second kappa shape index (κ2) is 5.67. The van der Waals surface area contributed by atoms with Crippen LogP contribution >= 0.6 is 0 Å². The van der Waals surface area contributed by atoms with Gasteiger partial charge in [-0.2, -0.15) is 0 Å². The normalized spacial score (nSPS) is 30.4. The van der Waals surface area contributed by atoms with E-state index < -0.39 is 0 Å². The van der Waals surface area contributed by atoms with E-state index in [0.717, 1.165) is 19.3 Å². The lowest BCUT2D eigenvalue weighted by Crippen LogP contribution is -2.49. The minimum Gasteiger partial charge on any atom is -0.373 e. The van der Waals surface area contributed by atoms with Gasteiger partial charge in [-0.25, -0.2) is 0 Å². The maximum Gasteiger partial charge on any atom is 0.251 e. The molecule has 1 aliphatic heterocycles. The molecule has 2 aliphatic rings. The molecule has 1 aromatic rings. The molecule has 5 nitrogen and oxygen atoms in total. The van der Waals surface area contributed by atoms with Crippen molar-refractivity contribution < 1.29 is 14.3 Å². The molecule has 3 rings (SSSR count). The van der Waals surface area contributed by atoms with Crippen molar-refractivity contribution in [1.82, 2.24) is 10.3 Å². The van der Waals surface area contributed by atoms with Crippen LogP contribution in [-0.4, -0.2) is 42.4 Å². The van der Waals surface area contributed by atoms with E-state index in [1.165, 1.54) is 0 Å². The van der Waals surface area contributed by atoms with Crippen LogP contribution in [0.1, 0.15) is 29.6 Å². The van der Waals surface area contributed by atoms with Crippen molar-refractivity contribution in [3.8, 4) is 0 Å². The first-order chi connectivity index (χ1) is 9.33. The number of pyridine rings is 1. The number of hydrogen-bond donors (Lipinski definition) is 1. The summed E-state index contributed by atoms with van der Waals surface area (Å²) in [5.41, 5.74) is 0.651. The number of nitrogens with zero attached hydrogens (tertiary/aromatic N) is 1. The first kappa shape index (κ1) is 12.6. The lowest BCUT2D eigenvalue weighted by Gasteiger charge is -2.39. The van der Waals surface area contributed by atoms with Crippen molar-refractivity contribution in [2.45, 2.75) is 37.5 Å². The summed E-state index contributed by atoms with van der Waals surface area (Å²) >= 11 is 0. The zero-order valence-electron chi connectivity index (χ0n) is 10.7. The summed E-state index contributed by atoms with van der Waals surface area (Å²) in [7, 11) is 0. The predicted molar refractivity (Wildman–Crippen MR) is 68.8 cm³/mol. The summed E-state index contributed by atoms with van der Waals surface area (Å²) < 4.78 is 11.4. The first-order valence-electron chi connectivity index (χ1n) is 6.77. The Labute approximate surface area is 112 Å². The second-order valence-electron chi connectivity index (χ2n) is 5.04. The number of hydrogen-bond acceptors (Lipinski definition) is 4. The van der Waals surface area contributed by atoms with Gasteiger partial charge >= 0.3 is 0 Å². The number of nitrogens with one attached hydrogen (secondary N) is 1. The van der Waals surface area contributed by atoms with Gasteiger partial charge in [0.15, 0.2) is 0 Å². The van der Waals surface area contributed by atoms with Gasteiger partial charge in [0.25, 0.3) is 5.91 Å². The van der Waals surface area contributed by atoms with Crippen molar-refractivity contribution in [1.29, 1.82) is 0 Å². The number of rotatable bonds is 2. The minimum absolute atomic E-state index is 0.0393. The molecule has 1 aliphatic carbocycles. The van der Waals surface area contributed by atoms with Crippen molar-refractivity contribution in [2.24, 2.45) is 0 Å². The van der Waals surface area contributed by atoms with Crippen molar-refractivity contribution in [2.75, 3.05) is 13.2 Å². The third-order valence-corrected chi connectivity index (χ3v) is 3.76. The van der Waals surface area contributed by atoms with Gasteiger partial charge in [-0.3, -0.25) is 9.78 Å². The summed E-state index contributed by atoms with van der Waals surface area (Å²) in [5.74, 6) is -0.0393. The molecule has 3 atom stereocenters. The molecule has 102 valence electrons. The molecular weight excluding hydrogens is 244 g/mol. The molecule has 2 fully saturated rings. The van der Waals surface area contributed by atoms with Crippen LogP contribution in [0.15, 0.2) is 24.5 Å². The number of amides is 1. The SMILES string of the molecule is O=C(N[C@@H]1CC[C@H]2OCCO[C@@H]2C1)c1ccncc1. The standard InChI is InChI=1S/C14H18N2O3/c17-14(10-3-5-15-6-4-10)16-11-1-2-12-13(9-11)19-8-7-18-12/h3-6,11-13H,1-2,7-9H2,(H,16,17)/t11-,12-,13-/m1/s1. The van der Waals surface area contributed by atoms with Gasteiger partial charge in [-0.05, 0) is 31.4 Å². The molecular formula is C14H18N2O3. The minimum atomic E-state index is -0.0393. The lowest BCUT2D eigenvalue weighted by molar-refractivity contribution is -0.157. The number of carbonyl (C=O) groups is 1. The highest BCUT2D eigenvalue weighted by atomic mass is 16.6.